The molecule has 0 saturated carbocycles. The second-order valence-electron chi connectivity index (χ2n) is 5.07. The molecule has 5 nitrogen and oxygen atoms in total. The average molecular weight is 348 g/mol. The highest BCUT2D eigenvalue weighted by molar-refractivity contribution is 6.33. The maximum atomic E-state index is 6.35. The van der Waals surface area contributed by atoms with Gasteiger partial charge in [-0.3, -0.25) is 5.10 Å². The van der Waals surface area contributed by atoms with Crippen LogP contribution in [0.1, 0.15) is 19.0 Å². The van der Waals surface area contributed by atoms with E-state index in [0.29, 0.717) is 15.9 Å². The standard InChI is InChI=1S/C16H15Cl2N5/c1-2-3-14-15(22-23-21-14)10-8-13(18)16(19-9-10)20-12-6-4-11(17)5-7-12/h4-9H,2-3H2,1H3,(H,19,20)(H,21,22,23). The molecular weight excluding hydrogens is 333 g/mol. The highest BCUT2D eigenvalue weighted by Gasteiger charge is 2.12. The van der Waals surface area contributed by atoms with Crippen molar-refractivity contribution in [1.29, 1.82) is 0 Å². The summed E-state index contributed by atoms with van der Waals surface area (Å²) in [5.74, 6) is 0.585. The summed E-state index contributed by atoms with van der Waals surface area (Å²) in [5, 5.41) is 15.3. The molecule has 0 amide bonds. The molecule has 23 heavy (non-hydrogen) atoms. The molecule has 1 aromatic carbocycles. The number of H-pyrrole nitrogens is 1. The highest BCUT2D eigenvalue weighted by Crippen LogP contribution is 2.29. The van der Waals surface area contributed by atoms with Gasteiger partial charge < -0.3 is 5.32 Å². The lowest BCUT2D eigenvalue weighted by atomic mass is 10.1. The number of anilines is 2. The summed E-state index contributed by atoms with van der Waals surface area (Å²) < 4.78 is 0. The molecule has 0 radical (unpaired) electrons. The van der Waals surface area contributed by atoms with E-state index in [4.69, 9.17) is 23.2 Å². The van der Waals surface area contributed by atoms with Crippen LogP contribution in [-0.2, 0) is 6.42 Å². The quantitative estimate of drug-likeness (QED) is 0.690. The molecule has 0 aliphatic rings. The number of hydrogen-bond donors (Lipinski definition) is 2. The number of nitrogens with zero attached hydrogens (tertiary/aromatic N) is 3. The zero-order valence-corrected chi connectivity index (χ0v) is 14.0. The lowest BCUT2D eigenvalue weighted by Crippen LogP contribution is -1.96. The predicted octanol–water partition coefficient (Wildman–Crippen LogP) is 4.87. The number of hydrogen-bond acceptors (Lipinski definition) is 4. The van der Waals surface area contributed by atoms with Gasteiger partial charge in [0.15, 0.2) is 0 Å². The van der Waals surface area contributed by atoms with Crippen molar-refractivity contribution in [3.8, 4) is 11.3 Å². The molecule has 0 fully saturated rings. The number of aromatic amines is 1. The third-order valence-electron chi connectivity index (χ3n) is 3.34. The molecule has 0 unspecified atom stereocenters. The van der Waals surface area contributed by atoms with E-state index in [1.165, 1.54) is 0 Å². The van der Waals surface area contributed by atoms with E-state index in [2.05, 4.69) is 32.6 Å². The molecule has 2 N–H and O–H groups in total. The van der Waals surface area contributed by atoms with Crippen molar-refractivity contribution in [3.05, 3.63) is 52.3 Å². The Bertz CT molecular complexity index is 798. The van der Waals surface area contributed by atoms with E-state index < -0.39 is 0 Å². The predicted molar refractivity (Wildman–Crippen MR) is 93.4 cm³/mol. The molecule has 118 valence electrons. The average Bonchev–Trinajstić information content (AvgIpc) is 3.00. The molecule has 2 heterocycles. The van der Waals surface area contributed by atoms with Gasteiger partial charge in [-0.25, -0.2) is 4.98 Å². The van der Waals surface area contributed by atoms with Gasteiger partial charge in [0.25, 0.3) is 0 Å². The molecule has 0 aliphatic heterocycles. The van der Waals surface area contributed by atoms with Crippen molar-refractivity contribution in [2.45, 2.75) is 19.8 Å². The first-order valence-electron chi connectivity index (χ1n) is 7.26. The van der Waals surface area contributed by atoms with Crippen molar-refractivity contribution in [2.24, 2.45) is 0 Å². The Morgan fingerprint density at radius 2 is 1.96 bits per heavy atom. The van der Waals surface area contributed by atoms with Crippen LogP contribution in [0.15, 0.2) is 36.5 Å². The van der Waals surface area contributed by atoms with Gasteiger partial charge in [0.1, 0.15) is 5.82 Å². The van der Waals surface area contributed by atoms with Crippen molar-refractivity contribution in [3.63, 3.8) is 0 Å². The van der Waals surface area contributed by atoms with Crippen molar-refractivity contribution < 1.29 is 0 Å². The largest absolute Gasteiger partial charge is 0.339 e. The fourth-order valence-corrected chi connectivity index (χ4v) is 2.57. The summed E-state index contributed by atoms with van der Waals surface area (Å²) in [4.78, 5) is 4.40. The van der Waals surface area contributed by atoms with Crippen molar-refractivity contribution in [1.82, 2.24) is 20.4 Å². The minimum Gasteiger partial charge on any atom is -0.339 e. The van der Waals surface area contributed by atoms with Gasteiger partial charge in [0.2, 0.25) is 0 Å². The maximum Gasteiger partial charge on any atom is 0.149 e. The van der Waals surface area contributed by atoms with Crippen LogP contribution in [0.4, 0.5) is 11.5 Å². The summed E-state index contributed by atoms with van der Waals surface area (Å²) >= 11 is 12.2. The first-order chi connectivity index (χ1) is 11.2. The first kappa shape index (κ1) is 15.8. The van der Waals surface area contributed by atoms with Gasteiger partial charge in [0.05, 0.1) is 16.4 Å². The van der Waals surface area contributed by atoms with Crippen LogP contribution in [0, 0.1) is 0 Å². The number of pyridine rings is 1. The molecule has 2 aromatic heterocycles. The third-order valence-corrected chi connectivity index (χ3v) is 3.88. The number of benzene rings is 1. The van der Waals surface area contributed by atoms with Crippen molar-refractivity contribution in [2.75, 3.05) is 5.32 Å². The van der Waals surface area contributed by atoms with Crippen LogP contribution < -0.4 is 5.32 Å². The van der Waals surface area contributed by atoms with Gasteiger partial charge in [-0.15, -0.1) is 5.10 Å². The van der Waals surface area contributed by atoms with Crippen LogP contribution in [-0.4, -0.2) is 20.4 Å². The Morgan fingerprint density at radius 3 is 2.65 bits per heavy atom. The summed E-state index contributed by atoms with van der Waals surface area (Å²) in [6, 6.07) is 9.19. The topological polar surface area (TPSA) is 66.5 Å². The third kappa shape index (κ3) is 3.63. The molecule has 0 bridgehead atoms. The van der Waals surface area contributed by atoms with E-state index in [1.54, 1.807) is 18.3 Å². The number of aryl methyl sites for hydroxylation is 1. The molecule has 0 saturated heterocycles. The molecule has 7 heteroatoms. The molecule has 0 atom stereocenters. The number of halogens is 2. The summed E-state index contributed by atoms with van der Waals surface area (Å²) in [7, 11) is 0. The van der Waals surface area contributed by atoms with Gasteiger partial charge >= 0.3 is 0 Å². The Balaban J connectivity index is 1.85. The summed E-state index contributed by atoms with van der Waals surface area (Å²) in [5.41, 5.74) is 3.51. The number of rotatable bonds is 5. The number of nitrogens with one attached hydrogen (secondary N) is 2. The molecule has 3 aromatic rings. The fraction of sp³-hybridized carbons (Fsp3) is 0.188. The zero-order chi connectivity index (χ0) is 16.2. The smallest absolute Gasteiger partial charge is 0.149 e. The van der Waals surface area contributed by atoms with E-state index in [1.807, 2.05) is 18.2 Å². The van der Waals surface area contributed by atoms with E-state index in [-0.39, 0.29) is 0 Å². The van der Waals surface area contributed by atoms with Gasteiger partial charge in [0, 0.05) is 22.5 Å². The zero-order valence-electron chi connectivity index (χ0n) is 12.5. The lowest BCUT2D eigenvalue weighted by molar-refractivity contribution is 0.853. The molecule has 0 aliphatic carbocycles. The van der Waals surface area contributed by atoms with Gasteiger partial charge in [-0.2, -0.15) is 0 Å². The van der Waals surface area contributed by atoms with Gasteiger partial charge in [-0.1, -0.05) is 41.8 Å². The molecular formula is C16H15Cl2N5. The highest BCUT2D eigenvalue weighted by atomic mass is 35.5. The van der Waals surface area contributed by atoms with Crippen LogP contribution in [0.25, 0.3) is 11.3 Å². The fourth-order valence-electron chi connectivity index (χ4n) is 2.23. The van der Waals surface area contributed by atoms with Crippen LogP contribution in [0.2, 0.25) is 10.0 Å². The molecule has 0 spiro atoms. The Hall–Kier alpha value is -2.11. The normalized spacial score (nSPS) is 10.7. The van der Waals surface area contributed by atoms with Crippen LogP contribution in [0.3, 0.4) is 0 Å². The van der Waals surface area contributed by atoms with Crippen LogP contribution in [0.5, 0.6) is 0 Å². The summed E-state index contributed by atoms with van der Waals surface area (Å²) in [6.45, 7) is 2.10. The Kier molecular flexibility index (Phi) is 4.79. The minimum atomic E-state index is 0.523. The van der Waals surface area contributed by atoms with E-state index >= 15 is 0 Å². The number of aromatic nitrogens is 4. The first-order valence-corrected chi connectivity index (χ1v) is 8.01. The second kappa shape index (κ2) is 6.98. The van der Waals surface area contributed by atoms with Crippen molar-refractivity contribution >= 4 is 34.7 Å². The second-order valence-corrected chi connectivity index (χ2v) is 5.91. The maximum absolute atomic E-state index is 6.35. The SMILES string of the molecule is CCCc1nn[nH]c1-c1cnc(Nc2ccc(Cl)cc2)c(Cl)c1. The Morgan fingerprint density at radius 1 is 1.17 bits per heavy atom. The van der Waals surface area contributed by atoms with E-state index in [0.717, 1.165) is 35.5 Å². The monoisotopic (exact) mass is 347 g/mol. The summed E-state index contributed by atoms with van der Waals surface area (Å²) in [6.07, 6.45) is 3.60. The van der Waals surface area contributed by atoms with E-state index in [9.17, 15) is 0 Å². The minimum absolute atomic E-state index is 0.523. The molecule has 3 rings (SSSR count). The lowest BCUT2D eigenvalue weighted by Gasteiger charge is -2.09. The van der Waals surface area contributed by atoms with Crippen LogP contribution >= 0.6 is 23.2 Å². The Labute approximate surface area is 144 Å². The van der Waals surface area contributed by atoms with Gasteiger partial charge in [-0.05, 0) is 36.8 Å².